The summed E-state index contributed by atoms with van der Waals surface area (Å²) in [6.07, 6.45) is 2.99. The number of aromatic nitrogens is 1. The number of rotatable bonds is 3. The lowest BCUT2D eigenvalue weighted by Crippen LogP contribution is -2.01. The van der Waals surface area contributed by atoms with E-state index in [0.29, 0.717) is 0 Å². The number of pyridine rings is 1. The second-order valence-corrected chi connectivity index (χ2v) is 3.87. The minimum absolute atomic E-state index is 0.988. The summed E-state index contributed by atoms with van der Waals surface area (Å²) in [7, 11) is 0. The molecule has 0 saturated heterocycles. The molecule has 0 atom stereocenters. The minimum atomic E-state index is 0.988. The number of nitrogens with one attached hydrogen (secondary N) is 1. The van der Waals surface area contributed by atoms with Crippen LogP contribution < -0.4 is 5.32 Å². The van der Waals surface area contributed by atoms with Crippen molar-refractivity contribution in [2.24, 2.45) is 0 Å². The Labute approximate surface area is 81.6 Å². The molecule has 0 bridgehead atoms. The second-order valence-electron chi connectivity index (χ2n) is 2.92. The van der Waals surface area contributed by atoms with Gasteiger partial charge in [0.05, 0.1) is 0 Å². The maximum atomic E-state index is 4.31. The Morgan fingerprint density at radius 2 is 2.38 bits per heavy atom. The van der Waals surface area contributed by atoms with Gasteiger partial charge in [-0.1, -0.05) is 6.92 Å². The number of hydrogen-bond acceptors (Lipinski definition) is 3. The van der Waals surface area contributed by atoms with Gasteiger partial charge in [-0.05, 0) is 23.9 Å². The largest absolute Gasteiger partial charge is 0.370 e. The molecule has 0 aliphatic heterocycles. The quantitative estimate of drug-likeness (QED) is 0.808. The summed E-state index contributed by atoms with van der Waals surface area (Å²) in [4.78, 5) is 4.31. The van der Waals surface area contributed by atoms with Gasteiger partial charge < -0.3 is 5.32 Å². The van der Waals surface area contributed by atoms with E-state index in [9.17, 15) is 0 Å². The van der Waals surface area contributed by atoms with Crippen molar-refractivity contribution in [1.82, 2.24) is 4.98 Å². The number of anilines is 1. The highest BCUT2D eigenvalue weighted by molar-refractivity contribution is 7.17. The molecule has 2 nitrogen and oxygen atoms in total. The second kappa shape index (κ2) is 3.75. The van der Waals surface area contributed by atoms with Crippen LogP contribution in [0.5, 0.6) is 0 Å². The van der Waals surface area contributed by atoms with Crippen LogP contribution in [0, 0.1) is 0 Å². The fourth-order valence-corrected chi connectivity index (χ4v) is 2.06. The highest BCUT2D eigenvalue weighted by Crippen LogP contribution is 2.25. The molecule has 13 heavy (non-hydrogen) atoms. The topological polar surface area (TPSA) is 24.9 Å². The molecule has 0 amide bonds. The van der Waals surface area contributed by atoms with Gasteiger partial charge >= 0.3 is 0 Å². The summed E-state index contributed by atoms with van der Waals surface area (Å²) in [5, 5.41) is 6.66. The van der Waals surface area contributed by atoms with E-state index < -0.39 is 0 Å². The molecule has 0 saturated carbocycles. The highest BCUT2D eigenvalue weighted by Gasteiger charge is 2.00. The summed E-state index contributed by atoms with van der Waals surface area (Å²) in [6.45, 7) is 3.14. The summed E-state index contributed by atoms with van der Waals surface area (Å²) in [6, 6.07) is 4.17. The Bertz CT molecular complexity index is 394. The van der Waals surface area contributed by atoms with E-state index in [-0.39, 0.29) is 0 Å². The van der Waals surface area contributed by atoms with E-state index in [1.807, 2.05) is 6.20 Å². The zero-order chi connectivity index (χ0) is 9.10. The summed E-state index contributed by atoms with van der Waals surface area (Å²) in [5.74, 6) is 1.01. The van der Waals surface area contributed by atoms with Gasteiger partial charge in [0, 0.05) is 22.8 Å². The lowest BCUT2D eigenvalue weighted by molar-refractivity contribution is 0.972. The van der Waals surface area contributed by atoms with Crippen LogP contribution in [0.15, 0.2) is 23.7 Å². The van der Waals surface area contributed by atoms with E-state index in [2.05, 4.69) is 34.7 Å². The third-order valence-electron chi connectivity index (χ3n) is 1.92. The van der Waals surface area contributed by atoms with E-state index in [1.165, 1.54) is 10.1 Å². The lowest BCUT2D eigenvalue weighted by atomic mass is 10.3. The molecule has 0 aromatic carbocycles. The molecular formula is C10H12N2S. The van der Waals surface area contributed by atoms with Crippen LogP contribution >= 0.6 is 11.3 Å². The van der Waals surface area contributed by atoms with Gasteiger partial charge in [0.1, 0.15) is 5.82 Å². The molecule has 2 aromatic rings. The van der Waals surface area contributed by atoms with Crippen LogP contribution in [-0.4, -0.2) is 11.5 Å². The highest BCUT2D eigenvalue weighted by atomic mass is 32.1. The molecule has 0 spiro atoms. The van der Waals surface area contributed by atoms with Gasteiger partial charge in [0.2, 0.25) is 0 Å². The van der Waals surface area contributed by atoms with Crippen LogP contribution in [0.4, 0.5) is 5.82 Å². The third kappa shape index (κ3) is 1.65. The average molecular weight is 192 g/mol. The zero-order valence-corrected chi connectivity index (χ0v) is 8.40. The zero-order valence-electron chi connectivity index (χ0n) is 7.58. The minimum Gasteiger partial charge on any atom is -0.370 e. The van der Waals surface area contributed by atoms with Gasteiger partial charge in [-0.2, -0.15) is 0 Å². The van der Waals surface area contributed by atoms with Crippen molar-refractivity contribution in [2.45, 2.75) is 13.3 Å². The van der Waals surface area contributed by atoms with Crippen molar-refractivity contribution in [3.8, 4) is 0 Å². The molecule has 2 aromatic heterocycles. The van der Waals surface area contributed by atoms with Crippen molar-refractivity contribution in [3.63, 3.8) is 0 Å². The number of thiophene rings is 1. The van der Waals surface area contributed by atoms with Crippen LogP contribution in [0.2, 0.25) is 0 Å². The molecule has 1 N–H and O–H groups in total. The van der Waals surface area contributed by atoms with Crippen molar-refractivity contribution >= 4 is 27.2 Å². The average Bonchev–Trinajstić information content (AvgIpc) is 2.62. The molecule has 0 fully saturated rings. The molecular weight excluding hydrogens is 180 g/mol. The molecule has 2 rings (SSSR count). The fraction of sp³-hybridized carbons (Fsp3) is 0.300. The van der Waals surface area contributed by atoms with E-state index >= 15 is 0 Å². The first kappa shape index (κ1) is 8.51. The fourth-order valence-electron chi connectivity index (χ4n) is 1.28. The molecule has 68 valence electrons. The summed E-state index contributed by atoms with van der Waals surface area (Å²) < 4.78 is 1.30. The van der Waals surface area contributed by atoms with E-state index in [1.54, 1.807) is 11.3 Å². The maximum absolute atomic E-state index is 4.31. The normalized spacial score (nSPS) is 10.5. The number of hydrogen-bond donors (Lipinski definition) is 1. The maximum Gasteiger partial charge on any atom is 0.134 e. The molecule has 0 radical (unpaired) electrons. The third-order valence-corrected chi connectivity index (χ3v) is 2.80. The molecule has 0 unspecified atom stereocenters. The monoisotopic (exact) mass is 192 g/mol. The lowest BCUT2D eigenvalue weighted by Gasteiger charge is -2.03. The van der Waals surface area contributed by atoms with Gasteiger partial charge in [-0.3, -0.25) is 0 Å². The van der Waals surface area contributed by atoms with Crippen molar-refractivity contribution < 1.29 is 0 Å². The van der Waals surface area contributed by atoms with Crippen molar-refractivity contribution in [1.29, 1.82) is 0 Å². The first-order valence-corrected chi connectivity index (χ1v) is 5.36. The number of fused-ring (bicyclic) bond motifs is 1. The molecule has 0 aliphatic rings. The van der Waals surface area contributed by atoms with Gasteiger partial charge in [-0.25, -0.2) is 4.98 Å². The predicted octanol–water partition coefficient (Wildman–Crippen LogP) is 3.12. The predicted molar refractivity (Wildman–Crippen MR) is 58.4 cm³/mol. The summed E-state index contributed by atoms with van der Waals surface area (Å²) in [5.41, 5.74) is 0. The smallest absolute Gasteiger partial charge is 0.134 e. The van der Waals surface area contributed by atoms with E-state index in [0.717, 1.165) is 18.8 Å². The molecule has 0 aliphatic carbocycles. The molecule has 3 heteroatoms. The van der Waals surface area contributed by atoms with Gasteiger partial charge in [-0.15, -0.1) is 11.3 Å². The van der Waals surface area contributed by atoms with Crippen LogP contribution in [0.3, 0.4) is 0 Å². The molecule has 2 heterocycles. The van der Waals surface area contributed by atoms with Gasteiger partial charge in [0.25, 0.3) is 0 Å². The Hall–Kier alpha value is -1.09. The van der Waals surface area contributed by atoms with E-state index in [4.69, 9.17) is 0 Å². The Morgan fingerprint density at radius 1 is 1.46 bits per heavy atom. The standard InChI is InChI=1S/C10H12N2S/c1-2-5-11-10-8-4-7-13-9(8)3-6-12-10/h3-4,6-7H,2,5H2,1H3,(H,11,12). The van der Waals surface area contributed by atoms with Crippen LogP contribution in [-0.2, 0) is 0 Å². The first-order valence-electron chi connectivity index (χ1n) is 4.48. The summed E-state index contributed by atoms with van der Waals surface area (Å²) >= 11 is 1.75. The Balaban J connectivity index is 2.37. The van der Waals surface area contributed by atoms with Crippen molar-refractivity contribution in [2.75, 3.05) is 11.9 Å². The first-order chi connectivity index (χ1) is 6.42. The van der Waals surface area contributed by atoms with Gasteiger partial charge in [0.15, 0.2) is 0 Å². The Morgan fingerprint density at radius 3 is 3.23 bits per heavy atom. The number of nitrogens with zero attached hydrogens (tertiary/aromatic N) is 1. The SMILES string of the molecule is CCCNc1nccc2sccc12. The van der Waals surface area contributed by atoms with Crippen LogP contribution in [0.25, 0.3) is 10.1 Å². The Kier molecular flexibility index (Phi) is 2.45. The van der Waals surface area contributed by atoms with Crippen molar-refractivity contribution in [3.05, 3.63) is 23.7 Å². The van der Waals surface area contributed by atoms with Crippen LogP contribution in [0.1, 0.15) is 13.3 Å².